The Morgan fingerprint density at radius 2 is 2.32 bits per heavy atom. The van der Waals surface area contributed by atoms with Gasteiger partial charge < -0.3 is 14.8 Å². The van der Waals surface area contributed by atoms with Crippen molar-refractivity contribution in [3.63, 3.8) is 0 Å². The number of rotatable bonds is 4. The molecule has 2 aliphatic rings. The van der Waals surface area contributed by atoms with Crippen LogP contribution in [0.4, 0.5) is 5.82 Å². The number of morpholine rings is 1. The third-order valence-electron chi connectivity index (χ3n) is 4.20. The molecule has 22 heavy (non-hydrogen) atoms. The Morgan fingerprint density at radius 1 is 1.50 bits per heavy atom. The van der Waals surface area contributed by atoms with Crippen molar-refractivity contribution in [3.05, 3.63) is 23.4 Å². The lowest BCUT2D eigenvalue weighted by Crippen LogP contribution is -2.43. The normalized spacial score (nSPS) is 24.0. The van der Waals surface area contributed by atoms with Gasteiger partial charge in [-0.1, -0.05) is 0 Å². The lowest BCUT2D eigenvalue weighted by atomic mass is 9.97. The van der Waals surface area contributed by atoms with Crippen LogP contribution in [-0.2, 0) is 15.1 Å². The van der Waals surface area contributed by atoms with Gasteiger partial charge in [-0.3, -0.25) is 4.90 Å². The molecule has 1 aromatic heterocycles. The SMILES string of the molecule is CC1CN(CCNc2nccc3c2C(=O)OC3(C)C)CCO1. The molecule has 0 spiro atoms. The quantitative estimate of drug-likeness (QED) is 0.853. The van der Waals surface area contributed by atoms with Crippen molar-refractivity contribution < 1.29 is 14.3 Å². The fourth-order valence-corrected chi connectivity index (χ4v) is 3.07. The van der Waals surface area contributed by atoms with Crippen molar-refractivity contribution in [2.75, 3.05) is 38.1 Å². The lowest BCUT2D eigenvalue weighted by Gasteiger charge is -2.31. The van der Waals surface area contributed by atoms with Crippen LogP contribution >= 0.6 is 0 Å². The number of nitrogens with zero attached hydrogens (tertiary/aromatic N) is 2. The first kappa shape index (κ1) is 15.2. The van der Waals surface area contributed by atoms with Crippen LogP contribution in [0.15, 0.2) is 12.3 Å². The van der Waals surface area contributed by atoms with E-state index in [1.807, 2.05) is 19.9 Å². The van der Waals surface area contributed by atoms with Gasteiger partial charge in [0.05, 0.1) is 12.7 Å². The number of esters is 1. The van der Waals surface area contributed by atoms with Crippen LogP contribution in [0.5, 0.6) is 0 Å². The molecule has 3 rings (SSSR count). The molecule has 0 aromatic carbocycles. The van der Waals surface area contributed by atoms with Crippen molar-refractivity contribution in [2.24, 2.45) is 0 Å². The van der Waals surface area contributed by atoms with Crippen molar-refractivity contribution in [1.29, 1.82) is 0 Å². The van der Waals surface area contributed by atoms with Crippen LogP contribution < -0.4 is 5.32 Å². The topological polar surface area (TPSA) is 63.7 Å². The van der Waals surface area contributed by atoms with Gasteiger partial charge in [0.1, 0.15) is 17.0 Å². The Labute approximate surface area is 130 Å². The number of carbonyl (C=O) groups is 1. The molecule has 1 aromatic rings. The monoisotopic (exact) mass is 305 g/mol. The summed E-state index contributed by atoms with van der Waals surface area (Å²) < 4.78 is 11.0. The number of aromatic nitrogens is 1. The van der Waals surface area contributed by atoms with E-state index in [0.29, 0.717) is 11.4 Å². The molecular weight excluding hydrogens is 282 g/mol. The standard InChI is InChI=1S/C16H23N3O3/c1-11-10-19(8-9-21-11)7-6-18-14-13-12(4-5-17-14)16(2,3)22-15(13)20/h4-5,11H,6-10H2,1-3H3,(H,17,18). The van der Waals surface area contributed by atoms with E-state index in [-0.39, 0.29) is 12.1 Å². The van der Waals surface area contributed by atoms with Crippen molar-refractivity contribution >= 4 is 11.8 Å². The van der Waals surface area contributed by atoms with Crippen molar-refractivity contribution in [2.45, 2.75) is 32.5 Å². The summed E-state index contributed by atoms with van der Waals surface area (Å²) in [5, 5.41) is 3.28. The Kier molecular flexibility index (Phi) is 4.06. The highest BCUT2D eigenvalue weighted by Gasteiger charge is 2.39. The van der Waals surface area contributed by atoms with E-state index in [1.165, 1.54) is 0 Å². The molecule has 0 saturated carbocycles. The van der Waals surface area contributed by atoms with Gasteiger partial charge in [-0.15, -0.1) is 0 Å². The average molecular weight is 305 g/mol. The fourth-order valence-electron chi connectivity index (χ4n) is 3.07. The Morgan fingerprint density at radius 3 is 3.09 bits per heavy atom. The van der Waals surface area contributed by atoms with Crippen LogP contribution in [0, 0.1) is 0 Å². The predicted molar refractivity (Wildman–Crippen MR) is 83.0 cm³/mol. The number of nitrogens with one attached hydrogen (secondary N) is 1. The zero-order valence-corrected chi connectivity index (χ0v) is 13.4. The highest BCUT2D eigenvalue weighted by Crippen LogP contribution is 2.38. The molecule has 6 heteroatoms. The summed E-state index contributed by atoms with van der Waals surface area (Å²) >= 11 is 0. The van der Waals surface area contributed by atoms with Crippen LogP contribution in [-0.4, -0.2) is 54.7 Å². The largest absolute Gasteiger partial charge is 0.451 e. The number of hydrogen-bond donors (Lipinski definition) is 1. The van der Waals surface area contributed by atoms with E-state index in [0.717, 1.165) is 38.3 Å². The van der Waals surface area contributed by atoms with E-state index >= 15 is 0 Å². The van der Waals surface area contributed by atoms with Gasteiger partial charge in [0.2, 0.25) is 0 Å². The molecule has 0 bridgehead atoms. The Balaban J connectivity index is 1.65. The summed E-state index contributed by atoms with van der Waals surface area (Å²) in [6.07, 6.45) is 2.01. The number of ether oxygens (including phenoxy) is 2. The number of cyclic esters (lactones) is 1. The first-order chi connectivity index (χ1) is 10.5. The Hall–Kier alpha value is -1.66. The summed E-state index contributed by atoms with van der Waals surface area (Å²) in [6.45, 7) is 10.2. The third kappa shape index (κ3) is 2.94. The third-order valence-corrected chi connectivity index (χ3v) is 4.20. The highest BCUT2D eigenvalue weighted by atomic mass is 16.6. The van der Waals surface area contributed by atoms with Gasteiger partial charge in [-0.2, -0.15) is 0 Å². The first-order valence-corrected chi connectivity index (χ1v) is 7.78. The van der Waals surface area contributed by atoms with E-state index in [9.17, 15) is 4.79 Å². The highest BCUT2D eigenvalue weighted by molar-refractivity contribution is 5.99. The molecule has 1 fully saturated rings. The molecule has 0 amide bonds. The molecule has 1 saturated heterocycles. The van der Waals surface area contributed by atoms with E-state index in [2.05, 4.69) is 22.1 Å². The predicted octanol–water partition coefficient (Wildman–Crippen LogP) is 1.62. The molecule has 2 aliphatic heterocycles. The molecule has 6 nitrogen and oxygen atoms in total. The second kappa shape index (κ2) is 5.85. The van der Waals surface area contributed by atoms with Crippen LogP contribution in [0.2, 0.25) is 0 Å². The summed E-state index contributed by atoms with van der Waals surface area (Å²) in [4.78, 5) is 18.7. The summed E-state index contributed by atoms with van der Waals surface area (Å²) in [5.74, 6) is 0.324. The summed E-state index contributed by atoms with van der Waals surface area (Å²) in [6, 6.07) is 1.86. The number of anilines is 1. The molecular formula is C16H23N3O3. The van der Waals surface area contributed by atoms with Gasteiger partial charge in [0.15, 0.2) is 0 Å². The Bertz CT molecular complexity index is 574. The second-order valence-electron chi connectivity index (χ2n) is 6.39. The number of carbonyl (C=O) groups excluding carboxylic acids is 1. The minimum absolute atomic E-state index is 0.281. The average Bonchev–Trinajstić information content (AvgIpc) is 2.70. The van der Waals surface area contributed by atoms with Gasteiger partial charge >= 0.3 is 5.97 Å². The van der Waals surface area contributed by atoms with Gasteiger partial charge in [0.25, 0.3) is 0 Å². The zero-order chi connectivity index (χ0) is 15.7. The van der Waals surface area contributed by atoms with E-state index in [1.54, 1.807) is 6.20 Å². The molecule has 120 valence electrons. The van der Waals surface area contributed by atoms with Crippen LogP contribution in [0.25, 0.3) is 0 Å². The maximum atomic E-state index is 12.1. The van der Waals surface area contributed by atoms with E-state index in [4.69, 9.17) is 9.47 Å². The molecule has 1 N–H and O–H groups in total. The van der Waals surface area contributed by atoms with Gasteiger partial charge in [-0.05, 0) is 26.8 Å². The van der Waals surface area contributed by atoms with Crippen molar-refractivity contribution in [3.8, 4) is 0 Å². The number of pyridine rings is 1. The molecule has 0 aliphatic carbocycles. The number of hydrogen-bond acceptors (Lipinski definition) is 6. The van der Waals surface area contributed by atoms with Gasteiger partial charge in [-0.25, -0.2) is 9.78 Å². The van der Waals surface area contributed by atoms with Crippen LogP contribution in [0.1, 0.15) is 36.7 Å². The lowest BCUT2D eigenvalue weighted by molar-refractivity contribution is -0.0167. The number of fused-ring (bicyclic) bond motifs is 1. The smallest absolute Gasteiger partial charge is 0.343 e. The molecule has 3 heterocycles. The molecule has 1 unspecified atom stereocenters. The minimum Gasteiger partial charge on any atom is -0.451 e. The first-order valence-electron chi connectivity index (χ1n) is 7.78. The molecule has 1 atom stereocenters. The summed E-state index contributed by atoms with van der Waals surface area (Å²) in [7, 11) is 0. The maximum absolute atomic E-state index is 12.1. The second-order valence-corrected chi connectivity index (χ2v) is 6.39. The van der Waals surface area contributed by atoms with E-state index < -0.39 is 5.60 Å². The minimum atomic E-state index is -0.578. The molecule has 0 radical (unpaired) electrons. The van der Waals surface area contributed by atoms with Crippen LogP contribution in [0.3, 0.4) is 0 Å². The van der Waals surface area contributed by atoms with Gasteiger partial charge in [0, 0.05) is 37.9 Å². The zero-order valence-electron chi connectivity index (χ0n) is 13.4. The fraction of sp³-hybridized carbons (Fsp3) is 0.625. The maximum Gasteiger partial charge on any atom is 0.343 e. The summed E-state index contributed by atoms with van der Waals surface area (Å²) in [5.41, 5.74) is 0.892. The van der Waals surface area contributed by atoms with Crippen molar-refractivity contribution in [1.82, 2.24) is 9.88 Å².